The van der Waals surface area contributed by atoms with Crippen molar-refractivity contribution in [2.75, 3.05) is 22.6 Å². The third kappa shape index (κ3) is 3.90. The van der Waals surface area contributed by atoms with Crippen LogP contribution in [0.2, 0.25) is 0 Å². The van der Waals surface area contributed by atoms with E-state index in [0.717, 1.165) is 21.9 Å². The van der Waals surface area contributed by atoms with Crippen LogP contribution in [0.15, 0.2) is 66.9 Å². The highest BCUT2D eigenvalue weighted by Crippen LogP contribution is 2.46. The molecule has 0 saturated heterocycles. The van der Waals surface area contributed by atoms with E-state index in [0.29, 0.717) is 46.1 Å². The highest BCUT2D eigenvalue weighted by atomic mass is 35.5. The van der Waals surface area contributed by atoms with E-state index in [4.69, 9.17) is 11.6 Å². The van der Waals surface area contributed by atoms with Gasteiger partial charge in [-0.3, -0.25) is 9.59 Å². The molecule has 0 radical (unpaired) electrons. The van der Waals surface area contributed by atoms with Crippen molar-refractivity contribution in [2.45, 2.75) is 12.8 Å². The van der Waals surface area contributed by atoms with Crippen LogP contribution in [0.5, 0.6) is 11.5 Å². The number of nitrogens with one attached hydrogen (secondary N) is 2. The maximum Gasteiger partial charge on any atom is 0.274 e. The molecule has 8 nitrogen and oxygen atoms in total. The number of phenolic OH excluding ortho intramolecular Hbond substituents is 2. The third-order valence-corrected chi connectivity index (χ3v) is 7.38. The molecule has 1 atom stereocenters. The topological polar surface area (TPSA) is 119 Å². The second-order valence-corrected chi connectivity index (χ2v) is 9.74. The standard InChI is InChI=1S/C29H23ClN4O4/c1-15-3-2-4-20-24(36)11-23-27(26(15)20)18(12-30)14-34(23)29(38)21-9-17-10-25(31-13-22(17)32-21)33-28(37)16-5-7-19(35)8-6-16/h2-11,13,18,32,35-36H,12,14H2,1H3,(H,31,33,37)/t18-/m1/s1. The molecule has 2 aromatic heterocycles. The lowest BCUT2D eigenvalue weighted by Gasteiger charge is -2.18. The number of pyridine rings is 1. The minimum absolute atomic E-state index is 0.0714. The molecule has 190 valence electrons. The molecular formula is C29H23ClN4O4. The van der Waals surface area contributed by atoms with Gasteiger partial charge in [-0.2, -0.15) is 0 Å². The van der Waals surface area contributed by atoms with E-state index in [1.807, 2.05) is 25.1 Å². The van der Waals surface area contributed by atoms with Gasteiger partial charge in [0.15, 0.2) is 0 Å². The highest BCUT2D eigenvalue weighted by Gasteiger charge is 2.35. The molecule has 3 aromatic carbocycles. The number of rotatable bonds is 4. The smallest absolute Gasteiger partial charge is 0.274 e. The van der Waals surface area contributed by atoms with Gasteiger partial charge in [0.1, 0.15) is 23.0 Å². The molecular weight excluding hydrogens is 504 g/mol. The molecule has 38 heavy (non-hydrogen) atoms. The fraction of sp³-hybridized carbons (Fsp3) is 0.138. The van der Waals surface area contributed by atoms with Crippen molar-refractivity contribution in [3.05, 3.63) is 89.2 Å². The Kier molecular flexibility index (Phi) is 5.69. The molecule has 9 heteroatoms. The average molecular weight is 527 g/mol. The lowest BCUT2D eigenvalue weighted by molar-refractivity contribution is 0.0983. The van der Waals surface area contributed by atoms with E-state index in [1.54, 1.807) is 29.3 Å². The fourth-order valence-corrected chi connectivity index (χ4v) is 5.43. The first-order chi connectivity index (χ1) is 18.3. The van der Waals surface area contributed by atoms with Crippen LogP contribution < -0.4 is 10.2 Å². The fourth-order valence-electron chi connectivity index (χ4n) is 5.18. The molecule has 0 saturated carbocycles. The van der Waals surface area contributed by atoms with Gasteiger partial charge < -0.3 is 25.4 Å². The summed E-state index contributed by atoms with van der Waals surface area (Å²) < 4.78 is 0. The number of H-pyrrole nitrogens is 1. The Labute approximate surface area is 222 Å². The first kappa shape index (κ1) is 23.8. The number of aromatic hydroxyl groups is 2. The zero-order chi connectivity index (χ0) is 26.6. The molecule has 0 bridgehead atoms. The predicted molar refractivity (Wildman–Crippen MR) is 148 cm³/mol. The first-order valence-corrected chi connectivity index (χ1v) is 12.6. The van der Waals surface area contributed by atoms with E-state index < -0.39 is 0 Å². The van der Waals surface area contributed by atoms with Crippen LogP contribution in [0.25, 0.3) is 21.7 Å². The molecule has 6 rings (SSSR count). The highest BCUT2D eigenvalue weighted by molar-refractivity contribution is 6.19. The normalized spacial score (nSPS) is 14.7. The summed E-state index contributed by atoms with van der Waals surface area (Å²) in [5.41, 5.74) is 4.01. The molecule has 0 spiro atoms. The number of aromatic nitrogens is 2. The van der Waals surface area contributed by atoms with E-state index in [2.05, 4.69) is 15.3 Å². The number of hydrogen-bond donors (Lipinski definition) is 4. The number of nitrogens with zero attached hydrogens (tertiary/aromatic N) is 2. The molecule has 1 aliphatic rings. The molecule has 0 fully saturated rings. The zero-order valence-electron chi connectivity index (χ0n) is 20.3. The summed E-state index contributed by atoms with van der Waals surface area (Å²) in [6.07, 6.45) is 1.56. The predicted octanol–water partition coefficient (Wildman–Crippen LogP) is 5.67. The van der Waals surface area contributed by atoms with Gasteiger partial charge in [-0.1, -0.05) is 18.2 Å². The average Bonchev–Trinajstić information content (AvgIpc) is 3.50. The van der Waals surface area contributed by atoms with Crippen molar-refractivity contribution in [3.63, 3.8) is 0 Å². The molecule has 0 aliphatic carbocycles. The van der Waals surface area contributed by atoms with Gasteiger partial charge in [-0.05, 0) is 59.8 Å². The number of carbonyl (C=O) groups is 2. The molecule has 5 aromatic rings. The summed E-state index contributed by atoms with van der Waals surface area (Å²) in [6.45, 7) is 2.38. The Balaban J connectivity index is 1.33. The summed E-state index contributed by atoms with van der Waals surface area (Å²) in [5, 5.41) is 25.3. The van der Waals surface area contributed by atoms with E-state index in [1.165, 1.54) is 24.3 Å². The van der Waals surface area contributed by atoms with Crippen LogP contribution in [-0.4, -0.2) is 44.4 Å². The Bertz CT molecular complexity index is 1750. The van der Waals surface area contributed by atoms with Crippen molar-refractivity contribution in [3.8, 4) is 11.5 Å². The molecule has 0 unspecified atom stereocenters. The lowest BCUT2D eigenvalue weighted by atomic mass is 9.92. The van der Waals surface area contributed by atoms with E-state index >= 15 is 0 Å². The summed E-state index contributed by atoms with van der Waals surface area (Å²) in [5.74, 6) is 0.157. The van der Waals surface area contributed by atoms with Crippen molar-refractivity contribution < 1.29 is 19.8 Å². The number of carbonyl (C=O) groups excluding carboxylic acids is 2. The number of benzene rings is 3. The second-order valence-electron chi connectivity index (χ2n) is 9.43. The summed E-state index contributed by atoms with van der Waals surface area (Å²) in [6, 6.07) is 16.7. The van der Waals surface area contributed by atoms with Gasteiger partial charge in [-0.15, -0.1) is 11.6 Å². The number of aryl methyl sites for hydroxylation is 1. The van der Waals surface area contributed by atoms with Crippen LogP contribution in [0.4, 0.5) is 11.5 Å². The quantitative estimate of drug-likeness (QED) is 0.225. The van der Waals surface area contributed by atoms with Gasteiger partial charge in [-0.25, -0.2) is 4.98 Å². The van der Waals surface area contributed by atoms with Crippen molar-refractivity contribution in [2.24, 2.45) is 0 Å². The Morgan fingerprint density at radius 2 is 1.92 bits per heavy atom. The van der Waals surface area contributed by atoms with Crippen LogP contribution >= 0.6 is 11.6 Å². The van der Waals surface area contributed by atoms with Crippen LogP contribution in [0, 0.1) is 6.92 Å². The maximum atomic E-state index is 13.7. The second kappa shape index (κ2) is 9.08. The monoisotopic (exact) mass is 526 g/mol. The summed E-state index contributed by atoms with van der Waals surface area (Å²) in [7, 11) is 0. The Morgan fingerprint density at radius 3 is 2.68 bits per heavy atom. The van der Waals surface area contributed by atoms with Gasteiger partial charge in [0.05, 0.1) is 17.4 Å². The van der Waals surface area contributed by atoms with Crippen LogP contribution in [0.3, 0.4) is 0 Å². The van der Waals surface area contributed by atoms with Crippen LogP contribution in [0.1, 0.15) is 37.9 Å². The maximum absolute atomic E-state index is 13.7. The minimum Gasteiger partial charge on any atom is -0.508 e. The van der Waals surface area contributed by atoms with Gasteiger partial charge in [0, 0.05) is 40.7 Å². The van der Waals surface area contributed by atoms with E-state index in [-0.39, 0.29) is 29.2 Å². The molecule has 1 aliphatic heterocycles. The molecule has 3 heterocycles. The van der Waals surface area contributed by atoms with Crippen molar-refractivity contribution in [1.29, 1.82) is 0 Å². The number of halogens is 1. The number of phenols is 2. The summed E-state index contributed by atoms with van der Waals surface area (Å²) in [4.78, 5) is 35.3. The third-order valence-electron chi connectivity index (χ3n) is 7.01. The number of hydrogen-bond acceptors (Lipinski definition) is 5. The van der Waals surface area contributed by atoms with E-state index in [9.17, 15) is 19.8 Å². The summed E-state index contributed by atoms with van der Waals surface area (Å²) >= 11 is 6.36. The van der Waals surface area contributed by atoms with Gasteiger partial charge in [0.2, 0.25) is 0 Å². The molecule has 4 N–H and O–H groups in total. The number of aromatic amines is 1. The largest absolute Gasteiger partial charge is 0.508 e. The zero-order valence-corrected chi connectivity index (χ0v) is 21.1. The molecule has 2 amide bonds. The SMILES string of the molecule is Cc1cccc2c(O)cc3c(c12)[C@H](CCl)CN3C(=O)c1cc2cc(NC(=O)c3ccc(O)cc3)ncc2[nH]1. The van der Waals surface area contributed by atoms with Crippen molar-refractivity contribution >= 4 is 56.6 Å². The minimum atomic E-state index is -0.369. The Hall–Kier alpha value is -4.56. The Morgan fingerprint density at radius 1 is 1.13 bits per heavy atom. The number of alkyl halides is 1. The number of amides is 2. The van der Waals surface area contributed by atoms with Gasteiger partial charge in [0.25, 0.3) is 11.8 Å². The van der Waals surface area contributed by atoms with Gasteiger partial charge >= 0.3 is 0 Å². The van der Waals surface area contributed by atoms with Crippen LogP contribution in [-0.2, 0) is 0 Å². The van der Waals surface area contributed by atoms with Crippen molar-refractivity contribution in [1.82, 2.24) is 9.97 Å². The number of fused-ring (bicyclic) bond motifs is 4. The number of anilines is 2. The first-order valence-electron chi connectivity index (χ1n) is 12.1. The lowest BCUT2D eigenvalue weighted by Crippen LogP contribution is -2.30.